The van der Waals surface area contributed by atoms with Crippen LogP contribution in [-0.2, 0) is 14.0 Å². The Morgan fingerprint density at radius 1 is 1.25 bits per heavy atom. The first-order chi connectivity index (χ1) is 8.92. The van der Waals surface area contributed by atoms with Gasteiger partial charge in [-0.2, -0.15) is 0 Å². The molecule has 20 heavy (non-hydrogen) atoms. The highest BCUT2D eigenvalue weighted by molar-refractivity contribution is 6.74. The summed E-state index contributed by atoms with van der Waals surface area (Å²) in [7, 11) is -1.92. The number of rotatable bonds is 7. The van der Waals surface area contributed by atoms with Crippen LogP contribution in [0.2, 0.25) is 18.1 Å². The van der Waals surface area contributed by atoms with Crippen molar-refractivity contribution in [3.05, 3.63) is 0 Å². The molecular formula is C14H30O5Si. The maximum absolute atomic E-state index is 11.3. The Morgan fingerprint density at radius 3 is 2.15 bits per heavy atom. The van der Waals surface area contributed by atoms with Crippen LogP contribution in [-0.4, -0.2) is 49.4 Å². The molecule has 0 aliphatic rings. The molecule has 3 atom stereocenters. The molecule has 0 saturated carbocycles. The Kier molecular flexibility index (Phi) is 7.38. The monoisotopic (exact) mass is 306 g/mol. The molecule has 0 amide bonds. The highest BCUT2D eigenvalue weighted by atomic mass is 28.4. The van der Waals surface area contributed by atoms with E-state index >= 15 is 0 Å². The van der Waals surface area contributed by atoms with Crippen LogP contribution >= 0.6 is 0 Å². The van der Waals surface area contributed by atoms with Gasteiger partial charge >= 0.3 is 5.97 Å². The van der Waals surface area contributed by atoms with Crippen LogP contribution in [0.4, 0.5) is 0 Å². The molecule has 0 aromatic heterocycles. The van der Waals surface area contributed by atoms with Crippen molar-refractivity contribution in [1.82, 2.24) is 0 Å². The van der Waals surface area contributed by atoms with Gasteiger partial charge in [-0.3, -0.25) is 0 Å². The van der Waals surface area contributed by atoms with E-state index in [1.807, 2.05) is 6.92 Å². The Labute approximate surface area is 123 Å². The molecule has 6 heteroatoms. The number of carbonyl (C=O) groups excluding carboxylic acids is 1. The molecule has 2 N–H and O–H groups in total. The van der Waals surface area contributed by atoms with Crippen molar-refractivity contribution < 1.29 is 24.2 Å². The Morgan fingerprint density at radius 2 is 1.75 bits per heavy atom. The molecule has 0 unspecified atom stereocenters. The summed E-state index contributed by atoms with van der Waals surface area (Å²) in [4.78, 5) is 11.3. The SMILES string of the molecule is CCOC(=O)[C@@H](O)[C@H](O)C[C@@H](C)O[Si](C)(C)C(C)(C)C. The van der Waals surface area contributed by atoms with Gasteiger partial charge in [0.25, 0.3) is 0 Å². The summed E-state index contributed by atoms with van der Waals surface area (Å²) < 4.78 is 10.8. The number of aliphatic hydroxyl groups is 2. The zero-order valence-electron chi connectivity index (χ0n) is 13.8. The summed E-state index contributed by atoms with van der Waals surface area (Å²) in [6, 6.07) is 0. The molecule has 0 rings (SSSR count). The van der Waals surface area contributed by atoms with E-state index in [1.54, 1.807) is 6.92 Å². The summed E-state index contributed by atoms with van der Waals surface area (Å²) >= 11 is 0. The minimum Gasteiger partial charge on any atom is -0.464 e. The second-order valence-corrected chi connectivity index (χ2v) is 11.4. The van der Waals surface area contributed by atoms with Crippen molar-refractivity contribution in [2.75, 3.05) is 6.61 Å². The summed E-state index contributed by atoms with van der Waals surface area (Å²) in [5.74, 6) is -0.792. The van der Waals surface area contributed by atoms with Crippen molar-refractivity contribution in [2.45, 2.75) is 77.5 Å². The number of hydrogen-bond donors (Lipinski definition) is 2. The molecule has 0 bridgehead atoms. The molecule has 0 aliphatic carbocycles. The van der Waals surface area contributed by atoms with Crippen LogP contribution in [0, 0.1) is 0 Å². The first-order valence-electron chi connectivity index (χ1n) is 7.13. The third kappa shape index (κ3) is 5.91. The van der Waals surface area contributed by atoms with E-state index in [0.29, 0.717) is 0 Å². The molecule has 5 nitrogen and oxygen atoms in total. The van der Waals surface area contributed by atoms with E-state index in [4.69, 9.17) is 4.43 Å². The predicted octanol–water partition coefficient (Wildman–Crippen LogP) is 2.07. The van der Waals surface area contributed by atoms with Crippen LogP contribution in [0.15, 0.2) is 0 Å². The first-order valence-corrected chi connectivity index (χ1v) is 10.0. The van der Waals surface area contributed by atoms with E-state index in [9.17, 15) is 15.0 Å². The summed E-state index contributed by atoms with van der Waals surface area (Å²) in [5, 5.41) is 19.6. The van der Waals surface area contributed by atoms with Crippen molar-refractivity contribution >= 4 is 14.3 Å². The van der Waals surface area contributed by atoms with Crippen molar-refractivity contribution in [3.8, 4) is 0 Å². The van der Waals surface area contributed by atoms with Crippen LogP contribution in [0.1, 0.15) is 41.0 Å². The number of esters is 1. The number of hydrogen-bond acceptors (Lipinski definition) is 5. The van der Waals surface area contributed by atoms with Gasteiger partial charge in [-0.05, 0) is 32.0 Å². The molecule has 0 heterocycles. The van der Waals surface area contributed by atoms with Gasteiger partial charge < -0.3 is 19.4 Å². The molecule has 0 saturated heterocycles. The third-order valence-electron chi connectivity index (χ3n) is 3.77. The highest BCUT2D eigenvalue weighted by Crippen LogP contribution is 2.37. The highest BCUT2D eigenvalue weighted by Gasteiger charge is 2.39. The quantitative estimate of drug-likeness (QED) is 0.556. The maximum atomic E-state index is 11.3. The standard InChI is InChI=1S/C14H30O5Si/c1-8-18-13(17)12(16)11(15)9-10(2)19-20(6,7)14(3,4)5/h10-12,15-16H,8-9H2,1-7H3/t10-,11-,12+/m1/s1. The van der Waals surface area contributed by atoms with Crippen LogP contribution in [0.5, 0.6) is 0 Å². The lowest BCUT2D eigenvalue weighted by Crippen LogP contribution is -2.45. The molecule has 0 aromatic carbocycles. The second-order valence-electron chi connectivity index (χ2n) is 6.69. The molecule has 0 aliphatic heterocycles. The van der Waals surface area contributed by atoms with E-state index in [1.165, 1.54) is 0 Å². The fraction of sp³-hybridized carbons (Fsp3) is 0.929. The Balaban J connectivity index is 4.47. The van der Waals surface area contributed by atoms with Gasteiger partial charge in [-0.1, -0.05) is 20.8 Å². The van der Waals surface area contributed by atoms with Crippen molar-refractivity contribution in [3.63, 3.8) is 0 Å². The summed E-state index contributed by atoms with van der Waals surface area (Å²) in [5.41, 5.74) is 0. The van der Waals surface area contributed by atoms with Crippen molar-refractivity contribution in [2.24, 2.45) is 0 Å². The number of carbonyl (C=O) groups is 1. The van der Waals surface area contributed by atoms with Gasteiger partial charge in [0.1, 0.15) is 0 Å². The summed E-state index contributed by atoms with van der Waals surface area (Å²) in [6.07, 6.45) is -2.71. The van der Waals surface area contributed by atoms with Crippen LogP contribution < -0.4 is 0 Å². The fourth-order valence-electron chi connectivity index (χ4n) is 1.58. The van der Waals surface area contributed by atoms with Gasteiger partial charge in [0.2, 0.25) is 0 Å². The number of ether oxygens (including phenoxy) is 1. The summed E-state index contributed by atoms with van der Waals surface area (Å²) in [6.45, 7) is 14.3. The second kappa shape index (κ2) is 7.54. The number of aliphatic hydroxyl groups excluding tert-OH is 2. The normalized spacial score (nSPS) is 17.4. The average Bonchev–Trinajstić information content (AvgIpc) is 2.25. The smallest absolute Gasteiger partial charge is 0.337 e. The molecule has 0 aromatic rings. The van der Waals surface area contributed by atoms with Crippen LogP contribution in [0.25, 0.3) is 0 Å². The third-order valence-corrected chi connectivity index (χ3v) is 8.37. The van der Waals surface area contributed by atoms with Crippen molar-refractivity contribution in [1.29, 1.82) is 0 Å². The molecule has 120 valence electrons. The van der Waals surface area contributed by atoms with Crippen LogP contribution in [0.3, 0.4) is 0 Å². The van der Waals surface area contributed by atoms with E-state index in [2.05, 4.69) is 38.6 Å². The Hall–Kier alpha value is -0.433. The zero-order chi connectivity index (χ0) is 16.1. The topological polar surface area (TPSA) is 76.0 Å². The largest absolute Gasteiger partial charge is 0.464 e. The molecule has 0 fully saturated rings. The first kappa shape index (κ1) is 19.6. The molecule has 0 spiro atoms. The lowest BCUT2D eigenvalue weighted by atomic mass is 10.1. The molecule has 0 radical (unpaired) electrons. The average molecular weight is 306 g/mol. The minimum atomic E-state index is -1.92. The van der Waals surface area contributed by atoms with E-state index in [0.717, 1.165) is 0 Å². The van der Waals surface area contributed by atoms with E-state index < -0.39 is 26.5 Å². The van der Waals surface area contributed by atoms with Gasteiger partial charge in [0.15, 0.2) is 14.4 Å². The predicted molar refractivity (Wildman–Crippen MR) is 81.0 cm³/mol. The minimum absolute atomic E-state index is 0.0754. The maximum Gasteiger partial charge on any atom is 0.337 e. The van der Waals surface area contributed by atoms with Gasteiger partial charge in [-0.25, -0.2) is 4.79 Å². The van der Waals surface area contributed by atoms with Gasteiger partial charge in [0.05, 0.1) is 12.7 Å². The fourth-order valence-corrected chi connectivity index (χ4v) is 3.04. The van der Waals surface area contributed by atoms with Gasteiger partial charge in [0, 0.05) is 12.5 Å². The van der Waals surface area contributed by atoms with Gasteiger partial charge in [-0.15, -0.1) is 0 Å². The lowest BCUT2D eigenvalue weighted by Gasteiger charge is -2.39. The Bertz CT molecular complexity index is 311. The molecular weight excluding hydrogens is 276 g/mol. The van der Waals surface area contributed by atoms with E-state index in [-0.39, 0.29) is 24.2 Å². The lowest BCUT2D eigenvalue weighted by molar-refractivity contribution is -0.160. The zero-order valence-corrected chi connectivity index (χ0v) is 14.8.